The predicted molar refractivity (Wildman–Crippen MR) is 72.7 cm³/mol. The lowest BCUT2D eigenvalue weighted by Crippen LogP contribution is -2.20. The van der Waals surface area contributed by atoms with Gasteiger partial charge in [0.1, 0.15) is 5.82 Å². The molecule has 7 heteroatoms. The Bertz CT molecular complexity index is 623. The highest BCUT2D eigenvalue weighted by Gasteiger charge is 2.08. The lowest BCUT2D eigenvalue weighted by molar-refractivity contribution is 0.318. The Balaban J connectivity index is 2.05. The number of amidine groups is 1. The fourth-order valence-electron chi connectivity index (χ4n) is 1.88. The van der Waals surface area contributed by atoms with E-state index in [-0.39, 0.29) is 5.84 Å². The lowest BCUT2D eigenvalue weighted by Gasteiger charge is -2.09. The first-order valence-electron chi connectivity index (χ1n) is 6.05. The molecule has 6 nitrogen and oxygen atoms in total. The molecule has 20 heavy (non-hydrogen) atoms. The van der Waals surface area contributed by atoms with Gasteiger partial charge >= 0.3 is 0 Å². The van der Waals surface area contributed by atoms with Crippen LogP contribution in [0.2, 0.25) is 0 Å². The van der Waals surface area contributed by atoms with Crippen molar-refractivity contribution >= 4 is 5.84 Å². The van der Waals surface area contributed by atoms with Crippen LogP contribution < -0.4 is 11.1 Å². The molecule has 0 aliphatic rings. The minimum Gasteiger partial charge on any atom is -0.409 e. The van der Waals surface area contributed by atoms with Gasteiger partial charge in [-0.1, -0.05) is 11.2 Å². The molecule has 4 N–H and O–H groups in total. The summed E-state index contributed by atoms with van der Waals surface area (Å²) in [6.07, 6.45) is 1.86. The van der Waals surface area contributed by atoms with Gasteiger partial charge in [0, 0.05) is 31.9 Å². The van der Waals surface area contributed by atoms with Gasteiger partial charge in [-0.2, -0.15) is 5.10 Å². The molecule has 0 amide bonds. The highest BCUT2D eigenvalue weighted by atomic mass is 19.1. The quantitative estimate of drug-likeness (QED) is 0.328. The maximum atomic E-state index is 13.2. The first kappa shape index (κ1) is 14.0. The number of aromatic nitrogens is 2. The summed E-state index contributed by atoms with van der Waals surface area (Å²) < 4.78 is 14.9. The highest BCUT2D eigenvalue weighted by molar-refractivity contribution is 5.98. The average Bonchev–Trinajstić information content (AvgIpc) is 2.85. The lowest BCUT2D eigenvalue weighted by atomic mass is 10.1. The van der Waals surface area contributed by atoms with Gasteiger partial charge in [-0.25, -0.2) is 4.39 Å². The molecule has 0 aliphatic carbocycles. The minimum absolute atomic E-state index is 0.112. The molecule has 106 valence electrons. The van der Waals surface area contributed by atoms with E-state index in [1.807, 2.05) is 19.3 Å². The van der Waals surface area contributed by atoms with Gasteiger partial charge in [-0.3, -0.25) is 4.68 Å². The normalized spacial score (nSPS) is 11.8. The molecule has 1 aromatic heterocycles. The number of nitrogens with one attached hydrogen (secondary N) is 1. The smallest absolute Gasteiger partial charge is 0.170 e. The van der Waals surface area contributed by atoms with Crippen LogP contribution in [-0.2, 0) is 20.1 Å². The third-order valence-electron chi connectivity index (χ3n) is 2.85. The van der Waals surface area contributed by atoms with Gasteiger partial charge in [0.05, 0.1) is 5.69 Å². The van der Waals surface area contributed by atoms with Gasteiger partial charge < -0.3 is 16.3 Å². The van der Waals surface area contributed by atoms with Gasteiger partial charge in [0.25, 0.3) is 0 Å². The third-order valence-corrected chi connectivity index (χ3v) is 2.85. The Morgan fingerprint density at radius 3 is 2.90 bits per heavy atom. The van der Waals surface area contributed by atoms with Crippen LogP contribution in [0.5, 0.6) is 0 Å². The molecule has 0 saturated carbocycles. The second-order valence-corrected chi connectivity index (χ2v) is 4.37. The molecule has 2 aromatic rings. The first-order valence-corrected chi connectivity index (χ1v) is 6.05. The SMILES string of the molecule is Cn1ccc(CNCc2ccc(F)cc2/C(N)=N/O)n1. The molecule has 1 heterocycles. The van der Waals surface area contributed by atoms with E-state index in [0.29, 0.717) is 18.7 Å². The van der Waals surface area contributed by atoms with Crippen molar-refractivity contribution in [3.63, 3.8) is 0 Å². The molecule has 0 atom stereocenters. The van der Waals surface area contributed by atoms with Crippen molar-refractivity contribution in [2.75, 3.05) is 0 Å². The molecule has 0 unspecified atom stereocenters. The predicted octanol–water partition coefficient (Wildman–Crippen LogP) is 0.944. The van der Waals surface area contributed by atoms with Crippen molar-refractivity contribution in [3.8, 4) is 0 Å². The topological polar surface area (TPSA) is 88.5 Å². The summed E-state index contributed by atoms with van der Waals surface area (Å²) in [6.45, 7) is 1.04. The maximum absolute atomic E-state index is 13.2. The summed E-state index contributed by atoms with van der Waals surface area (Å²) in [4.78, 5) is 0. The molecular formula is C13H16FN5O. The second-order valence-electron chi connectivity index (χ2n) is 4.37. The number of nitrogens with zero attached hydrogens (tertiary/aromatic N) is 3. The van der Waals surface area contributed by atoms with Gasteiger partial charge in [-0.15, -0.1) is 0 Å². The molecule has 2 rings (SSSR count). The number of rotatable bonds is 5. The molecule has 0 spiro atoms. The van der Waals surface area contributed by atoms with E-state index in [0.717, 1.165) is 11.3 Å². The van der Waals surface area contributed by atoms with Gasteiger partial charge in [0.2, 0.25) is 0 Å². The number of hydrogen-bond donors (Lipinski definition) is 3. The van der Waals surface area contributed by atoms with E-state index < -0.39 is 5.82 Å². The minimum atomic E-state index is -0.430. The molecule has 0 saturated heterocycles. The highest BCUT2D eigenvalue weighted by Crippen LogP contribution is 2.11. The number of nitrogens with two attached hydrogens (primary N) is 1. The molecular weight excluding hydrogens is 261 g/mol. The van der Waals surface area contributed by atoms with E-state index in [1.54, 1.807) is 10.7 Å². The number of oxime groups is 1. The largest absolute Gasteiger partial charge is 0.409 e. The molecule has 0 bridgehead atoms. The van der Waals surface area contributed by atoms with Crippen molar-refractivity contribution < 1.29 is 9.60 Å². The number of benzene rings is 1. The van der Waals surface area contributed by atoms with Crippen LogP contribution in [-0.4, -0.2) is 20.8 Å². The summed E-state index contributed by atoms with van der Waals surface area (Å²) in [5.74, 6) is -0.542. The van der Waals surface area contributed by atoms with E-state index >= 15 is 0 Å². The Morgan fingerprint density at radius 2 is 2.25 bits per heavy atom. The summed E-state index contributed by atoms with van der Waals surface area (Å²) in [5, 5.41) is 19.0. The van der Waals surface area contributed by atoms with Crippen LogP contribution in [0, 0.1) is 5.82 Å². The maximum Gasteiger partial charge on any atom is 0.170 e. The van der Waals surface area contributed by atoms with E-state index in [2.05, 4.69) is 15.6 Å². The Labute approximate surface area is 115 Å². The Morgan fingerprint density at radius 1 is 1.45 bits per heavy atom. The number of hydrogen-bond acceptors (Lipinski definition) is 4. The van der Waals surface area contributed by atoms with E-state index in [9.17, 15) is 4.39 Å². The van der Waals surface area contributed by atoms with Crippen LogP contribution in [0.25, 0.3) is 0 Å². The van der Waals surface area contributed by atoms with E-state index in [4.69, 9.17) is 10.9 Å². The van der Waals surface area contributed by atoms with Crippen LogP contribution in [0.3, 0.4) is 0 Å². The van der Waals surface area contributed by atoms with Crippen LogP contribution in [0.4, 0.5) is 4.39 Å². The summed E-state index contributed by atoms with van der Waals surface area (Å²) >= 11 is 0. The summed E-state index contributed by atoms with van der Waals surface area (Å²) in [7, 11) is 1.85. The monoisotopic (exact) mass is 277 g/mol. The second kappa shape index (κ2) is 6.16. The standard InChI is InChI=1S/C13H16FN5O/c1-19-5-4-11(17-19)8-16-7-9-2-3-10(14)6-12(9)13(15)18-20/h2-6,16,20H,7-8H2,1H3,(H2,15,18). The fourth-order valence-corrected chi connectivity index (χ4v) is 1.88. The van der Waals surface area contributed by atoms with Crippen molar-refractivity contribution in [3.05, 3.63) is 53.1 Å². The van der Waals surface area contributed by atoms with Gasteiger partial charge in [-0.05, 0) is 23.8 Å². The zero-order chi connectivity index (χ0) is 14.5. The molecule has 0 aliphatic heterocycles. The first-order chi connectivity index (χ1) is 9.60. The Kier molecular flexibility index (Phi) is 4.31. The van der Waals surface area contributed by atoms with Crippen LogP contribution in [0.15, 0.2) is 35.6 Å². The van der Waals surface area contributed by atoms with Crippen molar-refractivity contribution in [2.45, 2.75) is 13.1 Å². The summed E-state index contributed by atoms with van der Waals surface area (Å²) in [6, 6.07) is 6.09. The average molecular weight is 277 g/mol. The third kappa shape index (κ3) is 3.33. The molecule has 0 radical (unpaired) electrons. The Hall–Kier alpha value is -2.41. The number of halogens is 1. The summed E-state index contributed by atoms with van der Waals surface area (Å²) in [5.41, 5.74) is 7.57. The van der Waals surface area contributed by atoms with E-state index in [1.165, 1.54) is 12.1 Å². The number of aryl methyl sites for hydroxylation is 1. The zero-order valence-electron chi connectivity index (χ0n) is 11.0. The van der Waals surface area contributed by atoms with Crippen LogP contribution in [0.1, 0.15) is 16.8 Å². The molecule has 0 fully saturated rings. The van der Waals surface area contributed by atoms with Crippen molar-refractivity contribution in [1.82, 2.24) is 15.1 Å². The molecule has 1 aromatic carbocycles. The fraction of sp³-hybridized carbons (Fsp3) is 0.231. The zero-order valence-corrected chi connectivity index (χ0v) is 11.0. The van der Waals surface area contributed by atoms with Crippen LogP contribution >= 0.6 is 0 Å². The van der Waals surface area contributed by atoms with Crippen molar-refractivity contribution in [1.29, 1.82) is 0 Å². The van der Waals surface area contributed by atoms with Gasteiger partial charge in [0.15, 0.2) is 5.84 Å². The van der Waals surface area contributed by atoms with Crippen molar-refractivity contribution in [2.24, 2.45) is 17.9 Å².